The Morgan fingerprint density at radius 1 is 1.16 bits per heavy atom. The molecule has 1 aromatic heterocycles. The molecule has 1 atom stereocenters. The van der Waals surface area contributed by atoms with E-state index in [4.69, 9.17) is 0 Å². The standard InChI is InChI=1S/C23H23F2N3O3/c1-2-11-28(23(31)21-22(30)20(29)14-26-27-21)12-10-17(15-6-4-3-5-7-15)18-9-8-16(24)13-19(18)25/h3-9,13-14,17H,2,10-12H2,1H3,(H,26,30)(H,27,29). The number of H-pyrrole nitrogens is 1. The lowest BCUT2D eigenvalue weighted by Crippen LogP contribution is -2.35. The van der Waals surface area contributed by atoms with Crippen LogP contribution in [0.1, 0.15) is 47.3 Å². The molecule has 0 spiro atoms. The smallest absolute Gasteiger partial charge is 0.275 e. The van der Waals surface area contributed by atoms with Crippen molar-refractivity contribution in [2.45, 2.75) is 25.7 Å². The summed E-state index contributed by atoms with van der Waals surface area (Å²) >= 11 is 0. The van der Waals surface area contributed by atoms with Crippen molar-refractivity contribution in [1.29, 1.82) is 0 Å². The van der Waals surface area contributed by atoms with Crippen LogP contribution in [0.5, 0.6) is 5.75 Å². The quantitative estimate of drug-likeness (QED) is 0.572. The minimum atomic E-state index is -0.755. The average molecular weight is 427 g/mol. The molecule has 3 aromatic rings. The van der Waals surface area contributed by atoms with E-state index in [2.05, 4.69) is 10.2 Å². The van der Waals surface area contributed by atoms with E-state index in [1.165, 1.54) is 17.0 Å². The van der Waals surface area contributed by atoms with Crippen LogP contribution in [-0.4, -0.2) is 39.2 Å². The van der Waals surface area contributed by atoms with Crippen LogP contribution in [0.25, 0.3) is 0 Å². The number of carbonyl (C=O) groups is 1. The fraction of sp³-hybridized carbons (Fsp3) is 0.261. The van der Waals surface area contributed by atoms with Crippen molar-refractivity contribution in [3.05, 3.63) is 93.4 Å². The number of rotatable bonds is 8. The van der Waals surface area contributed by atoms with E-state index in [-0.39, 0.29) is 12.2 Å². The van der Waals surface area contributed by atoms with Crippen LogP contribution < -0.4 is 5.43 Å². The number of aromatic hydroxyl groups is 1. The molecule has 0 aliphatic rings. The molecule has 0 aliphatic heterocycles. The number of aromatic amines is 1. The molecule has 1 heterocycles. The number of nitrogens with one attached hydrogen (secondary N) is 1. The lowest BCUT2D eigenvalue weighted by atomic mass is 9.88. The molecule has 0 fully saturated rings. The van der Waals surface area contributed by atoms with Crippen molar-refractivity contribution >= 4 is 5.91 Å². The monoisotopic (exact) mass is 427 g/mol. The molecule has 2 aromatic carbocycles. The molecule has 1 amide bonds. The Morgan fingerprint density at radius 2 is 1.90 bits per heavy atom. The van der Waals surface area contributed by atoms with Crippen molar-refractivity contribution in [3.8, 4) is 5.75 Å². The minimum Gasteiger partial charge on any atom is -0.502 e. The first-order valence-corrected chi connectivity index (χ1v) is 9.98. The zero-order chi connectivity index (χ0) is 22.4. The zero-order valence-corrected chi connectivity index (χ0v) is 17.0. The summed E-state index contributed by atoms with van der Waals surface area (Å²) in [4.78, 5) is 26.1. The maximum atomic E-state index is 14.6. The maximum Gasteiger partial charge on any atom is 0.275 e. The Morgan fingerprint density at radius 3 is 2.58 bits per heavy atom. The Labute approximate surface area is 178 Å². The lowest BCUT2D eigenvalue weighted by molar-refractivity contribution is 0.0741. The lowest BCUT2D eigenvalue weighted by Gasteiger charge is -2.26. The third-order valence-electron chi connectivity index (χ3n) is 5.05. The molecule has 0 saturated heterocycles. The molecule has 0 saturated carbocycles. The van der Waals surface area contributed by atoms with Gasteiger partial charge in [-0.2, -0.15) is 5.10 Å². The van der Waals surface area contributed by atoms with Crippen LogP contribution in [0.15, 0.2) is 59.5 Å². The number of benzene rings is 2. The van der Waals surface area contributed by atoms with E-state index in [0.717, 1.165) is 17.8 Å². The Bertz CT molecular complexity index is 1100. The fourth-order valence-electron chi connectivity index (χ4n) is 3.54. The molecule has 2 N–H and O–H groups in total. The summed E-state index contributed by atoms with van der Waals surface area (Å²) in [6, 6.07) is 12.7. The minimum absolute atomic E-state index is 0.222. The molecular formula is C23H23F2N3O3. The highest BCUT2D eigenvalue weighted by atomic mass is 19.1. The summed E-state index contributed by atoms with van der Waals surface area (Å²) in [5.74, 6) is -3.00. The van der Waals surface area contributed by atoms with Crippen molar-refractivity contribution < 1.29 is 18.7 Å². The largest absolute Gasteiger partial charge is 0.502 e. The van der Waals surface area contributed by atoms with Crippen LogP contribution >= 0.6 is 0 Å². The molecule has 0 aliphatic carbocycles. The van der Waals surface area contributed by atoms with Gasteiger partial charge in [-0.15, -0.1) is 0 Å². The van der Waals surface area contributed by atoms with Gasteiger partial charge in [0.25, 0.3) is 5.91 Å². The predicted octanol–water partition coefficient (Wildman–Crippen LogP) is 3.83. The molecule has 0 radical (unpaired) electrons. The van der Waals surface area contributed by atoms with Gasteiger partial charge >= 0.3 is 0 Å². The molecule has 3 rings (SSSR count). The molecule has 1 unspecified atom stereocenters. The number of aromatic nitrogens is 2. The van der Waals surface area contributed by atoms with Gasteiger partial charge in [-0.3, -0.25) is 14.7 Å². The second kappa shape index (κ2) is 9.97. The first kappa shape index (κ1) is 22.1. The summed E-state index contributed by atoms with van der Waals surface area (Å²) in [6.07, 6.45) is 1.88. The van der Waals surface area contributed by atoms with Crippen LogP contribution in [0.2, 0.25) is 0 Å². The Kier molecular flexibility index (Phi) is 7.12. The predicted molar refractivity (Wildman–Crippen MR) is 112 cm³/mol. The average Bonchev–Trinajstić information content (AvgIpc) is 2.76. The van der Waals surface area contributed by atoms with E-state index in [1.807, 2.05) is 37.3 Å². The number of carbonyl (C=O) groups excluding carboxylic acids is 1. The topological polar surface area (TPSA) is 86.3 Å². The van der Waals surface area contributed by atoms with Crippen LogP contribution in [0.4, 0.5) is 8.78 Å². The number of nitrogens with zero attached hydrogens (tertiary/aromatic N) is 2. The van der Waals surface area contributed by atoms with E-state index < -0.39 is 34.6 Å². The number of amides is 1. The van der Waals surface area contributed by atoms with Gasteiger partial charge in [-0.25, -0.2) is 8.78 Å². The second-order valence-electron chi connectivity index (χ2n) is 7.17. The van der Waals surface area contributed by atoms with E-state index in [0.29, 0.717) is 24.9 Å². The van der Waals surface area contributed by atoms with E-state index >= 15 is 0 Å². The van der Waals surface area contributed by atoms with Gasteiger partial charge in [-0.05, 0) is 30.0 Å². The highest BCUT2D eigenvalue weighted by Crippen LogP contribution is 2.31. The normalized spacial score (nSPS) is 11.8. The zero-order valence-electron chi connectivity index (χ0n) is 17.0. The summed E-state index contributed by atoms with van der Waals surface area (Å²) < 4.78 is 28.0. The van der Waals surface area contributed by atoms with Crippen LogP contribution in [0.3, 0.4) is 0 Å². The SMILES string of the molecule is CCCN(CCC(c1ccccc1)c1ccc(F)cc1F)C(=O)c1[nH]ncc(=O)c1O. The van der Waals surface area contributed by atoms with Gasteiger partial charge in [-0.1, -0.05) is 43.3 Å². The first-order chi connectivity index (χ1) is 14.9. The highest BCUT2D eigenvalue weighted by molar-refractivity contribution is 5.94. The molecule has 8 heteroatoms. The van der Waals surface area contributed by atoms with Crippen molar-refractivity contribution in [2.24, 2.45) is 0 Å². The first-order valence-electron chi connectivity index (χ1n) is 9.98. The summed E-state index contributed by atoms with van der Waals surface area (Å²) in [7, 11) is 0. The molecule has 162 valence electrons. The maximum absolute atomic E-state index is 14.6. The third kappa shape index (κ3) is 5.14. The summed E-state index contributed by atoms with van der Waals surface area (Å²) in [6.45, 7) is 2.47. The highest BCUT2D eigenvalue weighted by Gasteiger charge is 2.24. The Balaban J connectivity index is 1.90. The number of halogens is 2. The fourth-order valence-corrected chi connectivity index (χ4v) is 3.54. The molecule has 31 heavy (non-hydrogen) atoms. The molecule has 0 bridgehead atoms. The third-order valence-corrected chi connectivity index (χ3v) is 5.05. The van der Waals surface area contributed by atoms with Gasteiger partial charge in [0.2, 0.25) is 5.43 Å². The van der Waals surface area contributed by atoms with Gasteiger partial charge < -0.3 is 10.0 Å². The van der Waals surface area contributed by atoms with Crippen LogP contribution in [-0.2, 0) is 0 Å². The Hall–Kier alpha value is -3.55. The molecular weight excluding hydrogens is 404 g/mol. The van der Waals surface area contributed by atoms with Crippen LogP contribution in [0, 0.1) is 11.6 Å². The number of hydrogen-bond acceptors (Lipinski definition) is 4. The van der Waals surface area contributed by atoms with Gasteiger partial charge in [0.05, 0.1) is 6.20 Å². The second-order valence-corrected chi connectivity index (χ2v) is 7.17. The van der Waals surface area contributed by atoms with E-state index in [1.54, 1.807) is 0 Å². The molecule has 6 nitrogen and oxygen atoms in total. The van der Waals surface area contributed by atoms with Crippen molar-refractivity contribution in [1.82, 2.24) is 15.1 Å². The van der Waals surface area contributed by atoms with Gasteiger partial charge in [0, 0.05) is 25.1 Å². The van der Waals surface area contributed by atoms with Crippen molar-refractivity contribution in [2.75, 3.05) is 13.1 Å². The van der Waals surface area contributed by atoms with E-state index in [9.17, 15) is 23.5 Å². The summed E-state index contributed by atoms with van der Waals surface area (Å²) in [5.41, 5.74) is 0.114. The summed E-state index contributed by atoms with van der Waals surface area (Å²) in [5, 5.41) is 15.9. The van der Waals surface area contributed by atoms with Crippen molar-refractivity contribution in [3.63, 3.8) is 0 Å². The van der Waals surface area contributed by atoms with Gasteiger partial charge in [0.15, 0.2) is 11.4 Å². The number of hydrogen-bond donors (Lipinski definition) is 2. The van der Waals surface area contributed by atoms with Gasteiger partial charge in [0.1, 0.15) is 11.6 Å².